The van der Waals surface area contributed by atoms with E-state index in [1.54, 1.807) is 12.1 Å². The molecule has 1 aliphatic rings. The Hall–Kier alpha value is -1.75. The number of halogens is 1. The van der Waals surface area contributed by atoms with Crippen molar-refractivity contribution in [2.24, 2.45) is 5.11 Å². The summed E-state index contributed by atoms with van der Waals surface area (Å²) in [6.07, 6.45) is 0.680. The van der Waals surface area contributed by atoms with Gasteiger partial charge in [0.05, 0.1) is 12.1 Å². The molecule has 1 aliphatic heterocycles. The Bertz CT molecular complexity index is 515. The molecule has 7 heteroatoms. The van der Waals surface area contributed by atoms with E-state index in [1.807, 2.05) is 12.1 Å². The first-order chi connectivity index (χ1) is 9.20. The molecule has 0 bridgehead atoms. The summed E-state index contributed by atoms with van der Waals surface area (Å²) in [5.41, 5.74) is 9.38. The summed E-state index contributed by atoms with van der Waals surface area (Å²) in [6, 6.07) is 6.54. The third kappa shape index (κ3) is 3.61. The van der Waals surface area contributed by atoms with E-state index in [0.29, 0.717) is 24.5 Å². The molecule has 1 heterocycles. The molecule has 0 spiro atoms. The average Bonchev–Trinajstić information content (AvgIpc) is 2.85. The Labute approximate surface area is 115 Å². The highest BCUT2D eigenvalue weighted by atomic mass is 35.5. The second-order valence-electron chi connectivity index (χ2n) is 4.34. The molecular formula is C12H14ClN5O. The van der Waals surface area contributed by atoms with Crippen molar-refractivity contribution in [3.8, 4) is 0 Å². The summed E-state index contributed by atoms with van der Waals surface area (Å²) in [7, 11) is 0. The highest BCUT2D eigenvalue weighted by Gasteiger charge is 2.31. The second kappa shape index (κ2) is 6.43. The molecule has 1 amide bonds. The van der Waals surface area contributed by atoms with Crippen LogP contribution in [0.3, 0.4) is 0 Å². The van der Waals surface area contributed by atoms with Gasteiger partial charge in [-0.05, 0) is 36.2 Å². The number of nitrogens with one attached hydrogen (secondary N) is 2. The van der Waals surface area contributed by atoms with Gasteiger partial charge < -0.3 is 10.6 Å². The van der Waals surface area contributed by atoms with Crippen LogP contribution >= 0.6 is 11.6 Å². The van der Waals surface area contributed by atoms with Crippen LogP contribution in [0.1, 0.15) is 12.0 Å². The van der Waals surface area contributed by atoms with Gasteiger partial charge >= 0.3 is 0 Å². The number of rotatable bonds is 4. The van der Waals surface area contributed by atoms with Crippen molar-refractivity contribution in [2.75, 3.05) is 6.54 Å². The van der Waals surface area contributed by atoms with Gasteiger partial charge in [-0.25, -0.2) is 0 Å². The van der Waals surface area contributed by atoms with Crippen LogP contribution < -0.4 is 10.6 Å². The second-order valence-corrected chi connectivity index (χ2v) is 4.78. The first kappa shape index (κ1) is 13.7. The van der Waals surface area contributed by atoms with Crippen molar-refractivity contribution >= 4 is 17.5 Å². The van der Waals surface area contributed by atoms with Gasteiger partial charge in [-0.1, -0.05) is 28.8 Å². The van der Waals surface area contributed by atoms with Crippen LogP contribution in [0.15, 0.2) is 29.4 Å². The smallest absolute Gasteiger partial charge is 0.237 e. The zero-order valence-corrected chi connectivity index (χ0v) is 11.0. The lowest BCUT2D eigenvalue weighted by Gasteiger charge is -2.15. The lowest BCUT2D eigenvalue weighted by Crippen LogP contribution is -2.44. The third-order valence-electron chi connectivity index (χ3n) is 3.03. The maximum Gasteiger partial charge on any atom is 0.237 e. The number of hydrogen-bond acceptors (Lipinski definition) is 3. The number of nitrogens with zero attached hydrogens (tertiary/aromatic N) is 3. The van der Waals surface area contributed by atoms with E-state index in [1.165, 1.54) is 0 Å². The molecule has 2 atom stereocenters. The van der Waals surface area contributed by atoms with Gasteiger partial charge in [0.25, 0.3) is 0 Å². The van der Waals surface area contributed by atoms with Crippen LogP contribution in [-0.4, -0.2) is 24.5 Å². The average molecular weight is 280 g/mol. The van der Waals surface area contributed by atoms with E-state index < -0.39 is 6.04 Å². The molecule has 0 aromatic heterocycles. The largest absolute Gasteiger partial charge is 0.351 e. The molecule has 0 saturated carbocycles. The molecule has 0 aliphatic carbocycles. The van der Waals surface area contributed by atoms with E-state index in [4.69, 9.17) is 17.1 Å². The lowest BCUT2D eigenvalue weighted by molar-refractivity contribution is -0.123. The fraction of sp³-hybridized carbons (Fsp3) is 0.417. The quantitative estimate of drug-likeness (QED) is 0.501. The van der Waals surface area contributed by atoms with Gasteiger partial charge in [0.15, 0.2) is 0 Å². The van der Waals surface area contributed by atoms with Crippen molar-refractivity contribution in [3.63, 3.8) is 0 Å². The molecule has 2 rings (SSSR count). The minimum atomic E-state index is -0.449. The monoisotopic (exact) mass is 279 g/mol. The summed E-state index contributed by atoms with van der Waals surface area (Å²) in [6.45, 7) is 1.08. The predicted octanol–water partition coefficient (Wildman–Crippen LogP) is 2.00. The van der Waals surface area contributed by atoms with Gasteiger partial charge in [0.2, 0.25) is 5.91 Å². The molecule has 2 N–H and O–H groups in total. The summed E-state index contributed by atoms with van der Waals surface area (Å²) in [5, 5.41) is 10.1. The highest BCUT2D eigenvalue weighted by molar-refractivity contribution is 6.30. The highest BCUT2D eigenvalue weighted by Crippen LogP contribution is 2.13. The molecule has 1 fully saturated rings. The van der Waals surface area contributed by atoms with Crippen LogP contribution in [0.25, 0.3) is 10.4 Å². The first-order valence-electron chi connectivity index (χ1n) is 6.00. The number of benzene rings is 1. The Morgan fingerprint density at radius 2 is 2.47 bits per heavy atom. The molecule has 100 valence electrons. The maximum absolute atomic E-state index is 12.0. The van der Waals surface area contributed by atoms with Crippen LogP contribution in [0.2, 0.25) is 5.02 Å². The standard InChI is InChI=1S/C12H14ClN5O/c13-9-3-1-2-8(6-9)7-16-12(19)11-10(17-18-14)4-5-15-11/h1-3,6,10-11,15H,4-5,7H2,(H,16,19)/t10-,11-/m0/s1. The normalized spacial score (nSPS) is 21.7. The molecule has 19 heavy (non-hydrogen) atoms. The van der Waals surface area contributed by atoms with Crippen LogP contribution in [0, 0.1) is 0 Å². The van der Waals surface area contributed by atoms with Gasteiger partial charge in [0.1, 0.15) is 0 Å². The fourth-order valence-electron chi connectivity index (χ4n) is 2.09. The Morgan fingerprint density at radius 3 is 3.21 bits per heavy atom. The van der Waals surface area contributed by atoms with Crippen molar-refractivity contribution < 1.29 is 4.79 Å². The molecule has 1 aromatic rings. The van der Waals surface area contributed by atoms with Crippen molar-refractivity contribution in [1.29, 1.82) is 0 Å². The van der Waals surface area contributed by atoms with Crippen molar-refractivity contribution in [2.45, 2.75) is 25.0 Å². The third-order valence-corrected chi connectivity index (χ3v) is 3.26. The molecule has 0 radical (unpaired) electrons. The number of azide groups is 1. The zero-order chi connectivity index (χ0) is 13.7. The summed E-state index contributed by atoms with van der Waals surface area (Å²) < 4.78 is 0. The van der Waals surface area contributed by atoms with E-state index in [0.717, 1.165) is 5.56 Å². The van der Waals surface area contributed by atoms with E-state index in [2.05, 4.69) is 20.7 Å². The first-order valence-corrected chi connectivity index (χ1v) is 6.38. The molecule has 0 unspecified atom stereocenters. The van der Waals surface area contributed by atoms with E-state index in [-0.39, 0.29) is 11.9 Å². The number of carbonyl (C=O) groups is 1. The molecule has 6 nitrogen and oxygen atoms in total. The van der Waals surface area contributed by atoms with Gasteiger partial charge in [-0.2, -0.15) is 0 Å². The van der Waals surface area contributed by atoms with Crippen molar-refractivity contribution in [1.82, 2.24) is 10.6 Å². The molecule has 1 saturated heterocycles. The summed E-state index contributed by atoms with van der Waals surface area (Å²) >= 11 is 5.87. The fourth-order valence-corrected chi connectivity index (χ4v) is 2.31. The van der Waals surface area contributed by atoms with Crippen LogP contribution in [0.5, 0.6) is 0 Å². The topological polar surface area (TPSA) is 89.9 Å². The summed E-state index contributed by atoms with van der Waals surface area (Å²) in [4.78, 5) is 14.8. The van der Waals surface area contributed by atoms with E-state index >= 15 is 0 Å². The SMILES string of the molecule is [N-]=[N+]=N[C@H]1CCN[C@@H]1C(=O)NCc1cccc(Cl)c1. The number of amides is 1. The molecular weight excluding hydrogens is 266 g/mol. The Kier molecular flexibility index (Phi) is 4.63. The number of hydrogen-bond donors (Lipinski definition) is 2. The van der Waals surface area contributed by atoms with Gasteiger partial charge in [-0.15, -0.1) is 0 Å². The predicted molar refractivity (Wildman–Crippen MR) is 72.6 cm³/mol. The lowest BCUT2D eigenvalue weighted by atomic mass is 10.1. The Balaban J connectivity index is 1.92. The maximum atomic E-state index is 12.0. The zero-order valence-electron chi connectivity index (χ0n) is 10.2. The number of carbonyl (C=O) groups excluding carboxylic acids is 1. The summed E-state index contributed by atoms with van der Waals surface area (Å²) in [5.74, 6) is -0.158. The minimum Gasteiger partial charge on any atom is -0.351 e. The van der Waals surface area contributed by atoms with Crippen molar-refractivity contribution in [3.05, 3.63) is 45.3 Å². The van der Waals surface area contributed by atoms with Gasteiger partial charge in [-0.3, -0.25) is 4.79 Å². The van der Waals surface area contributed by atoms with Crippen LogP contribution in [0.4, 0.5) is 0 Å². The van der Waals surface area contributed by atoms with Gasteiger partial charge in [0, 0.05) is 16.5 Å². The van der Waals surface area contributed by atoms with Crippen LogP contribution in [-0.2, 0) is 11.3 Å². The Morgan fingerprint density at radius 1 is 1.63 bits per heavy atom. The van der Waals surface area contributed by atoms with E-state index in [9.17, 15) is 4.79 Å². The molecule has 1 aromatic carbocycles. The minimum absolute atomic E-state index is 0.158.